The van der Waals surface area contributed by atoms with E-state index in [1.165, 1.54) is 5.56 Å². The minimum Gasteiger partial charge on any atom is -0.398 e. The first-order valence-corrected chi connectivity index (χ1v) is 4.41. The first kappa shape index (κ1) is 8.08. The van der Waals surface area contributed by atoms with Crippen molar-refractivity contribution in [1.29, 1.82) is 0 Å². The van der Waals surface area contributed by atoms with E-state index < -0.39 is 0 Å². The lowest BCUT2D eigenvalue weighted by molar-refractivity contribution is 1.41. The summed E-state index contributed by atoms with van der Waals surface area (Å²) in [6.45, 7) is 2.02. The maximum Gasteiger partial charge on any atom is 0.0549 e. The van der Waals surface area contributed by atoms with Crippen molar-refractivity contribution in [2.75, 3.05) is 5.73 Å². The molecule has 0 saturated carbocycles. The van der Waals surface area contributed by atoms with E-state index >= 15 is 0 Å². The number of rotatable bonds is 0. The van der Waals surface area contributed by atoms with Gasteiger partial charge in [0.05, 0.1) is 4.47 Å². The van der Waals surface area contributed by atoms with Crippen LogP contribution in [0.25, 0.3) is 0 Å². The van der Waals surface area contributed by atoms with Crippen molar-refractivity contribution in [3.63, 3.8) is 0 Å². The monoisotopic (exact) mass is 263 g/mol. The molecule has 0 fully saturated rings. The molecular formula is C7H7Br2N. The summed E-state index contributed by atoms with van der Waals surface area (Å²) in [6, 6.07) is 3.86. The maximum absolute atomic E-state index is 5.61. The summed E-state index contributed by atoms with van der Waals surface area (Å²) in [6.07, 6.45) is 0. The molecule has 1 aromatic carbocycles. The highest BCUT2D eigenvalue weighted by Crippen LogP contribution is 2.31. The zero-order valence-electron chi connectivity index (χ0n) is 5.49. The molecule has 0 radical (unpaired) electrons. The van der Waals surface area contributed by atoms with Crippen LogP contribution in [-0.2, 0) is 0 Å². The molecule has 2 N–H and O–H groups in total. The third-order valence-corrected chi connectivity index (χ3v) is 3.71. The molecule has 54 valence electrons. The Labute approximate surface area is 76.9 Å². The van der Waals surface area contributed by atoms with Gasteiger partial charge in [0.15, 0.2) is 0 Å². The molecule has 0 heterocycles. The van der Waals surface area contributed by atoms with Crippen LogP contribution in [0.5, 0.6) is 0 Å². The lowest BCUT2D eigenvalue weighted by atomic mass is 10.2. The van der Waals surface area contributed by atoms with E-state index in [2.05, 4.69) is 31.9 Å². The molecule has 10 heavy (non-hydrogen) atoms. The summed E-state index contributed by atoms with van der Waals surface area (Å²) in [5.74, 6) is 0. The predicted octanol–water partition coefficient (Wildman–Crippen LogP) is 3.10. The van der Waals surface area contributed by atoms with Crippen molar-refractivity contribution in [2.24, 2.45) is 0 Å². The Morgan fingerprint density at radius 2 is 1.80 bits per heavy atom. The fourth-order valence-corrected chi connectivity index (χ4v) is 1.47. The van der Waals surface area contributed by atoms with Crippen LogP contribution in [0.1, 0.15) is 5.56 Å². The van der Waals surface area contributed by atoms with Gasteiger partial charge in [-0.1, -0.05) is 6.07 Å². The summed E-state index contributed by atoms with van der Waals surface area (Å²) in [5, 5.41) is 0. The molecule has 0 spiro atoms. The zero-order valence-corrected chi connectivity index (χ0v) is 8.66. The molecule has 0 aliphatic carbocycles. The Balaban J connectivity index is 3.34. The van der Waals surface area contributed by atoms with Gasteiger partial charge in [-0.2, -0.15) is 0 Å². The van der Waals surface area contributed by atoms with E-state index in [1.807, 2.05) is 19.1 Å². The molecule has 0 aliphatic heterocycles. The highest BCUT2D eigenvalue weighted by molar-refractivity contribution is 9.13. The van der Waals surface area contributed by atoms with Gasteiger partial charge in [-0.25, -0.2) is 0 Å². The Kier molecular flexibility index (Phi) is 2.36. The Morgan fingerprint density at radius 1 is 1.20 bits per heavy atom. The fraction of sp³-hybridized carbons (Fsp3) is 0.143. The second kappa shape index (κ2) is 2.93. The van der Waals surface area contributed by atoms with Crippen molar-refractivity contribution in [3.05, 3.63) is 26.6 Å². The summed E-state index contributed by atoms with van der Waals surface area (Å²) in [7, 11) is 0. The van der Waals surface area contributed by atoms with Crippen molar-refractivity contribution in [1.82, 2.24) is 0 Å². The quantitative estimate of drug-likeness (QED) is 0.716. The van der Waals surface area contributed by atoms with Gasteiger partial charge in [-0.15, -0.1) is 0 Å². The highest BCUT2D eigenvalue weighted by Gasteiger charge is 2.01. The topological polar surface area (TPSA) is 26.0 Å². The molecule has 0 bridgehead atoms. The summed E-state index contributed by atoms with van der Waals surface area (Å²) in [5.41, 5.74) is 7.56. The van der Waals surface area contributed by atoms with Crippen molar-refractivity contribution >= 4 is 37.5 Å². The summed E-state index contributed by atoms with van der Waals surface area (Å²) >= 11 is 6.76. The largest absolute Gasteiger partial charge is 0.398 e. The van der Waals surface area contributed by atoms with Crippen LogP contribution in [-0.4, -0.2) is 0 Å². The minimum atomic E-state index is 0.762. The van der Waals surface area contributed by atoms with Crippen LogP contribution in [0, 0.1) is 6.92 Å². The van der Waals surface area contributed by atoms with Crippen LogP contribution in [0.2, 0.25) is 0 Å². The average Bonchev–Trinajstić information content (AvgIpc) is 1.93. The van der Waals surface area contributed by atoms with Gasteiger partial charge >= 0.3 is 0 Å². The van der Waals surface area contributed by atoms with Crippen LogP contribution >= 0.6 is 31.9 Å². The third kappa shape index (κ3) is 1.35. The van der Waals surface area contributed by atoms with Gasteiger partial charge in [-0.05, 0) is 50.4 Å². The predicted molar refractivity (Wildman–Crippen MR) is 51.0 cm³/mol. The van der Waals surface area contributed by atoms with Gasteiger partial charge in [0.25, 0.3) is 0 Å². The van der Waals surface area contributed by atoms with E-state index in [1.54, 1.807) is 0 Å². The van der Waals surface area contributed by atoms with E-state index in [9.17, 15) is 0 Å². The molecule has 1 nitrogen and oxygen atoms in total. The van der Waals surface area contributed by atoms with Gasteiger partial charge in [0.1, 0.15) is 0 Å². The Hall–Kier alpha value is -0.0200. The van der Waals surface area contributed by atoms with Gasteiger partial charge in [-0.3, -0.25) is 0 Å². The maximum atomic E-state index is 5.61. The number of halogens is 2. The van der Waals surface area contributed by atoms with Crippen LogP contribution in [0.3, 0.4) is 0 Å². The lowest BCUT2D eigenvalue weighted by Crippen LogP contribution is -1.88. The molecule has 0 aromatic heterocycles. The highest BCUT2D eigenvalue weighted by atomic mass is 79.9. The number of anilines is 1. The first-order chi connectivity index (χ1) is 4.63. The molecule has 3 heteroatoms. The second-order valence-corrected chi connectivity index (χ2v) is 3.69. The Bertz CT molecular complexity index is 231. The number of nitrogens with two attached hydrogens (primary N) is 1. The van der Waals surface area contributed by atoms with Crippen molar-refractivity contribution in [3.8, 4) is 0 Å². The average molecular weight is 265 g/mol. The lowest BCUT2D eigenvalue weighted by Gasteiger charge is -2.02. The number of nitrogen functional groups attached to an aromatic ring is 1. The normalized spacial score (nSPS) is 9.90. The summed E-state index contributed by atoms with van der Waals surface area (Å²) in [4.78, 5) is 0. The number of benzene rings is 1. The van der Waals surface area contributed by atoms with E-state index in [-0.39, 0.29) is 0 Å². The molecule has 0 atom stereocenters. The number of hydrogen-bond donors (Lipinski definition) is 1. The second-order valence-electron chi connectivity index (χ2n) is 2.10. The van der Waals surface area contributed by atoms with E-state index in [4.69, 9.17) is 5.73 Å². The van der Waals surface area contributed by atoms with Gasteiger partial charge in [0, 0.05) is 10.2 Å². The van der Waals surface area contributed by atoms with Crippen molar-refractivity contribution < 1.29 is 0 Å². The fourth-order valence-electron chi connectivity index (χ4n) is 0.661. The molecule has 1 aromatic rings. The molecule has 0 aliphatic rings. The SMILES string of the molecule is Cc1ccc(N)c(Br)c1Br. The first-order valence-electron chi connectivity index (χ1n) is 2.83. The number of aryl methyl sites for hydroxylation is 1. The molecule has 0 saturated heterocycles. The van der Waals surface area contributed by atoms with E-state index in [0.717, 1.165) is 14.6 Å². The zero-order chi connectivity index (χ0) is 7.72. The third-order valence-electron chi connectivity index (χ3n) is 1.31. The smallest absolute Gasteiger partial charge is 0.0549 e. The van der Waals surface area contributed by atoms with Crippen LogP contribution in [0.4, 0.5) is 5.69 Å². The van der Waals surface area contributed by atoms with Gasteiger partial charge < -0.3 is 5.73 Å². The standard InChI is InChI=1S/C7H7Br2N/c1-4-2-3-5(10)7(9)6(4)8/h2-3H,10H2,1H3. The molecule has 1 rings (SSSR count). The molecule has 0 amide bonds. The summed E-state index contributed by atoms with van der Waals surface area (Å²) < 4.78 is 1.97. The van der Waals surface area contributed by atoms with E-state index in [0.29, 0.717) is 0 Å². The minimum absolute atomic E-state index is 0.762. The molecular weight excluding hydrogens is 258 g/mol. The Morgan fingerprint density at radius 3 is 2.30 bits per heavy atom. The van der Waals surface area contributed by atoms with Gasteiger partial charge in [0.2, 0.25) is 0 Å². The molecule has 0 unspecified atom stereocenters. The number of hydrogen-bond acceptors (Lipinski definition) is 1. The van der Waals surface area contributed by atoms with Crippen LogP contribution in [0.15, 0.2) is 21.1 Å². The van der Waals surface area contributed by atoms with Crippen molar-refractivity contribution in [2.45, 2.75) is 6.92 Å². The van der Waals surface area contributed by atoms with Crippen LogP contribution < -0.4 is 5.73 Å².